The molecule has 1 aliphatic rings. The van der Waals surface area contributed by atoms with Gasteiger partial charge in [-0.1, -0.05) is 109 Å². The van der Waals surface area contributed by atoms with Crippen LogP contribution in [0, 0.1) is 0 Å². The zero-order valence-electron chi connectivity index (χ0n) is 21.6. The smallest absolute Gasteiger partial charge is 0.0568 e. The van der Waals surface area contributed by atoms with Crippen molar-refractivity contribution in [3.05, 3.63) is 139 Å². The van der Waals surface area contributed by atoms with Crippen molar-refractivity contribution in [2.45, 2.75) is 12.8 Å². The number of aryl methyl sites for hydroxylation is 1. The fourth-order valence-corrected chi connectivity index (χ4v) is 6.02. The Labute approximate surface area is 224 Å². The minimum atomic E-state index is 1.07. The van der Waals surface area contributed by atoms with Crippen LogP contribution in [0.1, 0.15) is 18.4 Å². The van der Waals surface area contributed by atoms with Crippen molar-refractivity contribution in [2.75, 3.05) is 0 Å². The summed E-state index contributed by atoms with van der Waals surface area (Å²) in [6.07, 6.45) is 8.92. The fraction of sp³-hybridized carbons (Fsp3) is 0.0811. The van der Waals surface area contributed by atoms with Gasteiger partial charge in [-0.2, -0.15) is 0 Å². The van der Waals surface area contributed by atoms with Gasteiger partial charge in [0, 0.05) is 28.9 Å². The van der Waals surface area contributed by atoms with Gasteiger partial charge in [0.05, 0.1) is 11.0 Å². The third kappa shape index (κ3) is 3.79. The fourth-order valence-electron chi connectivity index (χ4n) is 6.02. The molecule has 0 amide bonds. The molecule has 0 atom stereocenters. The van der Waals surface area contributed by atoms with Crippen LogP contribution in [0.25, 0.3) is 60.8 Å². The molecule has 7 rings (SSSR count). The summed E-state index contributed by atoms with van der Waals surface area (Å²) in [4.78, 5) is 0. The SMILES string of the molecule is Cn1c2c(-c3ccccc3)cc(C3=CC=CCC3)cc2c2cc(-c3ccccc3)cc(-c3ccccc3)c21. The van der Waals surface area contributed by atoms with E-state index in [2.05, 4.69) is 145 Å². The van der Waals surface area contributed by atoms with Crippen molar-refractivity contribution in [1.82, 2.24) is 4.57 Å². The first-order chi connectivity index (χ1) is 18.8. The van der Waals surface area contributed by atoms with E-state index < -0.39 is 0 Å². The Morgan fingerprint density at radius 1 is 0.526 bits per heavy atom. The molecule has 0 saturated carbocycles. The number of fused-ring (bicyclic) bond motifs is 3. The van der Waals surface area contributed by atoms with Crippen LogP contribution in [0.4, 0.5) is 0 Å². The average molecular weight is 488 g/mol. The summed E-state index contributed by atoms with van der Waals surface area (Å²) in [5, 5.41) is 2.61. The maximum atomic E-state index is 2.43. The van der Waals surface area contributed by atoms with E-state index in [1.54, 1.807) is 0 Å². The van der Waals surface area contributed by atoms with E-state index in [9.17, 15) is 0 Å². The van der Waals surface area contributed by atoms with Crippen molar-refractivity contribution in [3.63, 3.8) is 0 Å². The van der Waals surface area contributed by atoms with Crippen LogP contribution < -0.4 is 0 Å². The highest BCUT2D eigenvalue weighted by Crippen LogP contribution is 2.43. The van der Waals surface area contributed by atoms with E-state index in [-0.39, 0.29) is 0 Å². The lowest BCUT2D eigenvalue weighted by Crippen LogP contribution is -1.94. The number of allylic oxidation sites excluding steroid dienone is 4. The van der Waals surface area contributed by atoms with Crippen LogP contribution in [0.5, 0.6) is 0 Å². The molecule has 6 aromatic rings. The lowest BCUT2D eigenvalue weighted by Gasteiger charge is -2.14. The Hall–Kier alpha value is -4.62. The molecule has 0 saturated heterocycles. The van der Waals surface area contributed by atoms with Gasteiger partial charge in [-0.3, -0.25) is 0 Å². The molecule has 1 heteroatoms. The molecule has 0 unspecified atom stereocenters. The van der Waals surface area contributed by atoms with Gasteiger partial charge in [0.15, 0.2) is 0 Å². The highest BCUT2D eigenvalue weighted by atomic mass is 14.9. The number of aromatic nitrogens is 1. The Kier molecular flexibility index (Phi) is 5.56. The Balaban J connectivity index is 1.63. The number of rotatable bonds is 4. The first kappa shape index (κ1) is 22.6. The van der Waals surface area contributed by atoms with Crippen molar-refractivity contribution in [2.24, 2.45) is 7.05 Å². The molecule has 182 valence electrons. The van der Waals surface area contributed by atoms with Crippen LogP contribution in [-0.4, -0.2) is 4.57 Å². The zero-order valence-corrected chi connectivity index (χ0v) is 21.6. The molecule has 1 heterocycles. The second-order valence-corrected chi connectivity index (χ2v) is 10.2. The van der Waals surface area contributed by atoms with E-state index in [4.69, 9.17) is 0 Å². The van der Waals surface area contributed by atoms with E-state index in [1.807, 2.05) is 0 Å². The van der Waals surface area contributed by atoms with E-state index in [0.29, 0.717) is 0 Å². The van der Waals surface area contributed by atoms with Crippen molar-refractivity contribution < 1.29 is 0 Å². The highest BCUT2D eigenvalue weighted by Gasteiger charge is 2.20. The van der Waals surface area contributed by atoms with Crippen LogP contribution in [-0.2, 0) is 7.05 Å². The first-order valence-corrected chi connectivity index (χ1v) is 13.4. The lowest BCUT2D eigenvalue weighted by atomic mass is 9.91. The molecular formula is C37H29N. The third-order valence-electron chi connectivity index (χ3n) is 7.84. The van der Waals surface area contributed by atoms with E-state index in [0.717, 1.165) is 12.8 Å². The maximum Gasteiger partial charge on any atom is 0.0568 e. The van der Waals surface area contributed by atoms with Crippen LogP contribution >= 0.6 is 0 Å². The highest BCUT2D eigenvalue weighted by molar-refractivity contribution is 6.18. The number of hydrogen-bond acceptors (Lipinski definition) is 0. The van der Waals surface area contributed by atoms with Crippen molar-refractivity contribution >= 4 is 27.4 Å². The molecule has 0 radical (unpaired) electrons. The summed E-state index contributed by atoms with van der Waals surface area (Å²) < 4.78 is 2.42. The van der Waals surface area contributed by atoms with Gasteiger partial charge in [0.1, 0.15) is 0 Å². The zero-order chi connectivity index (χ0) is 25.5. The van der Waals surface area contributed by atoms with Gasteiger partial charge in [-0.25, -0.2) is 0 Å². The second kappa shape index (κ2) is 9.36. The molecule has 5 aromatic carbocycles. The number of hydrogen-bond donors (Lipinski definition) is 0. The van der Waals surface area contributed by atoms with Gasteiger partial charge in [0.25, 0.3) is 0 Å². The standard InChI is InChI=1S/C37H29N/c1-38-36-32(28-18-10-4-11-19-28)22-30(26-14-6-2-7-15-26)24-34(36)35-25-31(27-16-8-3-9-17-27)23-33(37(35)38)29-20-12-5-13-21-29/h2-8,10-16,18-25H,9,17H2,1H3. The quantitative estimate of drug-likeness (QED) is 0.233. The summed E-state index contributed by atoms with van der Waals surface area (Å²) in [5.74, 6) is 0. The normalized spacial score (nSPS) is 13.2. The summed E-state index contributed by atoms with van der Waals surface area (Å²) in [6.45, 7) is 0. The Morgan fingerprint density at radius 2 is 1.03 bits per heavy atom. The molecule has 0 bridgehead atoms. The summed E-state index contributed by atoms with van der Waals surface area (Å²) in [7, 11) is 2.23. The molecule has 1 nitrogen and oxygen atoms in total. The summed E-state index contributed by atoms with van der Waals surface area (Å²) in [5.41, 5.74) is 12.8. The molecule has 0 N–H and O–H groups in total. The molecule has 1 aromatic heterocycles. The second-order valence-electron chi connectivity index (χ2n) is 10.2. The molecule has 0 aliphatic heterocycles. The molecular weight excluding hydrogens is 458 g/mol. The van der Waals surface area contributed by atoms with Crippen molar-refractivity contribution in [1.29, 1.82) is 0 Å². The average Bonchev–Trinajstić information content (AvgIpc) is 3.29. The van der Waals surface area contributed by atoms with Gasteiger partial charge in [0.2, 0.25) is 0 Å². The maximum absolute atomic E-state index is 2.43. The molecule has 0 fully saturated rings. The molecule has 38 heavy (non-hydrogen) atoms. The van der Waals surface area contributed by atoms with E-state index in [1.165, 1.54) is 66.3 Å². The molecule has 0 spiro atoms. The van der Waals surface area contributed by atoms with Gasteiger partial charge in [-0.15, -0.1) is 0 Å². The van der Waals surface area contributed by atoms with Gasteiger partial charge < -0.3 is 4.57 Å². The van der Waals surface area contributed by atoms with E-state index >= 15 is 0 Å². The minimum Gasteiger partial charge on any atom is -0.343 e. The monoisotopic (exact) mass is 487 g/mol. The predicted molar refractivity (Wildman–Crippen MR) is 163 cm³/mol. The van der Waals surface area contributed by atoms with Crippen LogP contribution in [0.2, 0.25) is 0 Å². The predicted octanol–water partition coefficient (Wildman–Crippen LogP) is 10.1. The molecule has 1 aliphatic carbocycles. The third-order valence-corrected chi connectivity index (χ3v) is 7.84. The van der Waals surface area contributed by atoms with Crippen molar-refractivity contribution in [3.8, 4) is 33.4 Å². The minimum absolute atomic E-state index is 1.07. The van der Waals surface area contributed by atoms with Gasteiger partial charge in [-0.05, 0) is 70.5 Å². The van der Waals surface area contributed by atoms with Gasteiger partial charge >= 0.3 is 0 Å². The first-order valence-electron chi connectivity index (χ1n) is 13.4. The van der Waals surface area contributed by atoms with Crippen LogP contribution in [0.3, 0.4) is 0 Å². The Morgan fingerprint density at radius 3 is 1.55 bits per heavy atom. The van der Waals surface area contributed by atoms with Crippen LogP contribution in [0.15, 0.2) is 133 Å². The Bertz CT molecular complexity index is 1840. The largest absolute Gasteiger partial charge is 0.343 e. The number of benzene rings is 5. The number of nitrogens with zero attached hydrogens (tertiary/aromatic N) is 1. The summed E-state index contributed by atoms with van der Waals surface area (Å²) in [6, 6.07) is 42.0. The summed E-state index contributed by atoms with van der Waals surface area (Å²) >= 11 is 0. The topological polar surface area (TPSA) is 4.93 Å². The lowest BCUT2D eigenvalue weighted by molar-refractivity contribution is 1.02.